The summed E-state index contributed by atoms with van der Waals surface area (Å²) in [5, 5.41) is 0. The minimum atomic E-state index is -0.750. The van der Waals surface area contributed by atoms with E-state index in [9.17, 15) is 9.59 Å². The number of esters is 2. The van der Waals surface area contributed by atoms with Crippen molar-refractivity contribution in [3.05, 3.63) is 83.9 Å². The van der Waals surface area contributed by atoms with Crippen LogP contribution >= 0.6 is 34.8 Å². The summed E-state index contributed by atoms with van der Waals surface area (Å²) in [5.74, 6) is -1.39. The van der Waals surface area contributed by atoms with Gasteiger partial charge < -0.3 is 4.74 Å². The smallest absolute Gasteiger partial charge is 0.338 e. The number of carbonyl (C=O) groups is 2. The van der Waals surface area contributed by atoms with Gasteiger partial charge in [0.1, 0.15) is 0 Å². The maximum Gasteiger partial charge on any atom is 0.338 e. The van der Waals surface area contributed by atoms with Gasteiger partial charge in [-0.25, -0.2) is 9.59 Å². The van der Waals surface area contributed by atoms with Crippen molar-refractivity contribution in [2.75, 3.05) is 0 Å². The van der Waals surface area contributed by atoms with Crippen LogP contribution in [0.1, 0.15) is 11.1 Å². The van der Waals surface area contributed by atoms with Gasteiger partial charge in [-0.15, -0.1) is 0 Å². The van der Waals surface area contributed by atoms with E-state index in [1.54, 1.807) is 12.2 Å². The lowest BCUT2D eigenvalue weighted by molar-refractivity contribution is -0.152. The number of carbonyl (C=O) groups excluding carboxylic acids is 2. The highest BCUT2D eigenvalue weighted by atomic mass is 35.6. The molecule has 0 aliphatic carbocycles. The molecule has 0 spiro atoms. The number of halogens is 3. The van der Waals surface area contributed by atoms with Gasteiger partial charge in [-0.3, -0.25) is 0 Å². The average Bonchev–Trinajstić information content (AvgIpc) is 2.59. The number of benzene rings is 2. The first-order valence-electron chi connectivity index (χ1n) is 7.11. The van der Waals surface area contributed by atoms with Crippen LogP contribution in [0.2, 0.25) is 0 Å². The average molecular weight is 398 g/mol. The predicted molar refractivity (Wildman–Crippen MR) is 103 cm³/mol. The maximum absolute atomic E-state index is 11.5. The first-order valence-corrected chi connectivity index (χ1v) is 8.42. The van der Waals surface area contributed by atoms with Crippen molar-refractivity contribution in [2.24, 2.45) is 0 Å². The molecule has 25 heavy (non-hydrogen) atoms. The summed E-state index contributed by atoms with van der Waals surface area (Å²) in [6, 6.07) is 18.6. The number of ether oxygens (including phenoxy) is 1. The van der Waals surface area contributed by atoms with Crippen molar-refractivity contribution in [2.45, 2.75) is 4.30 Å². The van der Waals surface area contributed by atoms with Crippen LogP contribution in [-0.4, -0.2) is 16.2 Å². The fourth-order valence-electron chi connectivity index (χ4n) is 1.62. The van der Waals surface area contributed by atoms with Crippen molar-refractivity contribution in [3.63, 3.8) is 0 Å². The minimum Gasteiger partial charge on any atom is -0.387 e. The molecule has 0 amide bonds. The zero-order valence-corrected chi connectivity index (χ0v) is 15.3. The van der Waals surface area contributed by atoms with Crippen molar-refractivity contribution >= 4 is 58.9 Å². The molecule has 6 heteroatoms. The van der Waals surface area contributed by atoms with Crippen LogP contribution in [0.5, 0.6) is 0 Å². The van der Waals surface area contributed by atoms with Gasteiger partial charge in [-0.2, -0.15) is 0 Å². The quantitative estimate of drug-likeness (QED) is 0.297. The summed E-state index contributed by atoms with van der Waals surface area (Å²) >= 11 is 14.4. The Hall–Kier alpha value is -2.07. The third-order valence-corrected chi connectivity index (χ3v) is 2.62. The lowest BCUT2D eigenvalue weighted by atomic mass is 10.2. The van der Waals surface area contributed by atoms with E-state index in [1.807, 2.05) is 60.7 Å². The second kappa shape index (κ2) is 12.3. The summed E-state index contributed by atoms with van der Waals surface area (Å²) in [5.41, 5.74) is 1.73. The Balaban J connectivity index is 0.000000705. The molecule has 0 aliphatic heterocycles. The van der Waals surface area contributed by atoms with Crippen LogP contribution in [-0.2, 0) is 14.3 Å². The highest BCUT2D eigenvalue weighted by molar-refractivity contribution is 6.63. The molecule has 0 saturated carbocycles. The molecule has 2 aromatic carbocycles. The molecule has 0 unspecified atom stereocenters. The highest BCUT2D eigenvalue weighted by Crippen LogP contribution is 2.04. The van der Waals surface area contributed by atoms with E-state index in [0.717, 1.165) is 11.1 Å². The molecule has 0 aromatic heterocycles. The van der Waals surface area contributed by atoms with Crippen molar-refractivity contribution in [1.82, 2.24) is 0 Å². The third kappa shape index (κ3) is 11.2. The molecular formula is C19H15Cl3O3. The summed E-state index contributed by atoms with van der Waals surface area (Å²) in [6.07, 6.45) is 5.64. The first kappa shape index (κ1) is 21.0. The van der Waals surface area contributed by atoms with Gasteiger partial charge in [0, 0.05) is 12.2 Å². The van der Waals surface area contributed by atoms with E-state index >= 15 is 0 Å². The van der Waals surface area contributed by atoms with Crippen molar-refractivity contribution < 1.29 is 14.3 Å². The zero-order valence-electron chi connectivity index (χ0n) is 13.0. The monoisotopic (exact) mass is 396 g/mol. The molecule has 0 bridgehead atoms. The van der Waals surface area contributed by atoms with Crippen LogP contribution < -0.4 is 0 Å². The van der Waals surface area contributed by atoms with E-state index in [1.165, 1.54) is 12.2 Å². The van der Waals surface area contributed by atoms with Gasteiger partial charge in [-0.05, 0) is 23.3 Å². The Morgan fingerprint density at radius 2 is 1.04 bits per heavy atom. The van der Waals surface area contributed by atoms with Gasteiger partial charge in [-0.1, -0.05) is 95.5 Å². The van der Waals surface area contributed by atoms with Gasteiger partial charge in [0.15, 0.2) is 4.30 Å². The van der Waals surface area contributed by atoms with Crippen LogP contribution in [0.3, 0.4) is 0 Å². The topological polar surface area (TPSA) is 43.4 Å². The van der Waals surface area contributed by atoms with E-state index < -0.39 is 16.2 Å². The SMILES string of the molecule is ClC(Cl)Cl.O=C(C=Cc1ccccc1)OC(=O)C=Cc1ccccc1. The van der Waals surface area contributed by atoms with Crippen LogP contribution in [0.4, 0.5) is 0 Å². The van der Waals surface area contributed by atoms with Crippen molar-refractivity contribution in [1.29, 1.82) is 0 Å². The number of rotatable bonds is 4. The van der Waals surface area contributed by atoms with Crippen LogP contribution in [0.25, 0.3) is 12.2 Å². The Labute approximate surface area is 161 Å². The molecule has 0 N–H and O–H groups in total. The highest BCUT2D eigenvalue weighted by Gasteiger charge is 2.03. The second-order valence-corrected chi connectivity index (χ2v) is 6.46. The van der Waals surface area contributed by atoms with Gasteiger partial charge in [0.05, 0.1) is 0 Å². The van der Waals surface area contributed by atoms with E-state index in [0.29, 0.717) is 0 Å². The standard InChI is InChI=1S/C18H14O3.CHCl3/c19-17(13-11-15-7-3-1-4-8-15)21-18(20)14-12-16-9-5-2-6-10-16;2-1(3)4/h1-14H;1H. The first-order chi connectivity index (χ1) is 12.0. The Morgan fingerprint density at radius 1 is 0.720 bits per heavy atom. The van der Waals surface area contributed by atoms with E-state index in [2.05, 4.69) is 4.74 Å². The Morgan fingerprint density at radius 3 is 1.36 bits per heavy atom. The van der Waals surface area contributed by atoms with Crippen LogP contribution in [0, 0.1) is 0 Å². The maximum atomic E-state index is 11.5. The molecule has 2 aromatic rings. The molecule has 130 valence electrons. The molecule has 0 atom stereocenters. The lowest BCUT2D eigenvalue weighted by Gasteiger charge is -1.95. The van der Waals surface area contributed by atoms with Gasteiger partial charge >= 0.3 is 11.9 Å². The number of hydrogen-bond donors (Lipinski definition) is 0. The van der Waals surface area contributed by atoms with Crippen LogP contribution in [0.15, 0.2) is 72.8 Å². The largest absolute Gasteiger partial charge is 0.387 e. The summed E-state index contributed by atoms with van der Waals surface area (Å²) in [6.45, 7) is 0. The molecular weight excluding hydrogens is 383 g/mol. The summed E-state index contributed by atoms with van der Waals surface area (Å²) in [7, 11) is 0. The second-order valence-electron chi connectivity index (χ2n) is 4.48. The number of alkyl halides is 3. The summed E-state index contributed by atoms with van der Waals surface area (Å²) < 4.78 is 3.89. The summed E-state index contributed by atoms with van der Waals surface area (Å²) in [4.78, 5) is 22.9. The molecule has 0 heterocycles. The minimum absolute atomic E-state index is 0.693. The normalized spacial score (nSPS) is 10.6. The molecule has 0 fully saturated rings. The molecule has 0 saturated heterocycles. The number of hydrogen-bond acceptors (Lipinski definition) is 3. The Bertz CT molecular complexity index is 649. The lowest BCUT2D eigenvalue weighted by Crippen LogP contribution is -2.06. The van der Waals surface area contributed by atoms with Crippen molar-refractivity contribution in [3.8, 4) is 0 Å². The predicted octanol–water partition coefficient (Wildman–Crippen LogP) is 5.47. The molecule has 0 aliphatic rings. The fourth-order valence-corrected chi connectivity index (χ4v) is 1.62. The van der Waals surface area contributed by atoms with Gasteiger partial charge in [0.25, 0.3) is 0 Å². The third-order valence-electron chi connectivity index (χ3n) is 2.62. The van der Waals surface area contributed by atoms with E-state index in [4.69, 9.17) is 34.8 Å². The zero-order chi connectivity index (χ0) is 18.5. The molecule has 3 nitrogen and oxygen atoms in total. The Kier molecular flexibility index (Phi) is 10.3. The van der Waals surface area contributed by atoms with Gasteiger partial charge in [0.2, 0.25) is 0 Å². The fraction of sp³-hybridized carbons (Fsp3) is 0.0526. The molecule has 0 radical (unpaired) electrons. The van der Waals surface area contributed by atoms with E-state index in [-0.39, 0.29) is 0 Å². The molecule has 2 rings (SSSR count).